The number of halogens is 5. The van der Waals surface area contributed by atoms with Gasteiger partial charge >= 0.3 is 0 Å². The third-order valence-corrected chi connectivity index (χ3v) is 5.65. The molecule has 1 atom stereocenters. The lowest BCUT2D eigenvalue weighted by molar-refractivity contribution is -0.119. The molecule has 0 radical (unpaired) electrons. The summed E-state index contributed by atoms with van der Waals surface area (Å²) in [6.45, 7) is 0.773. The molecule has 3 N–H and O–H groups in total. The molecule has 1 aromatic carbocycles. The van der Waals surface area contributed by atoms with E-state index in [4.69, 9.17) is 5.11 Å². The maximum atomic E-state index is 14.4. The molecule has 124 valence electrons. The van der Waals surface area contributed by atoms with Gasteiger partial charge in [0, 0.05) is 36.2 Å². The van der Waals surface area contributed by atoms with Crippen molar-refractivity contribution in [1.82, 2.24) is 10.2 Å². The zero-order valence-corrected chi connectivity index (χ0v) is 16.2. The van der Waals surface area contributed by atoms with Gasteiger partial charge in [-0.25, -0.2) is 8.78 Å². The van der Waals surface area contributed by atoms with Crippen molar-refractivity contribution in [3.05, 3.63) is 25.0 Å². The maximum Gasteiger partial charge on any atom is 0.289 e. The monoisotopic (exact) mass is 506 g/mol. The van der Waals surface area contributed by atoms with Gasteiger partial charge in [0.05, 0.1) is 8.95 Å². The van der Waals surface area contributed by atoms with Crippen molar-refractivity contribution in [2.24, 2.45) is 0 Å². The Bertz CT molecular complexity index is 555. The van der Waals surface area contributed by atoms with Crippen LogP contribution in [0.15, 0.2) is 19.5 Å². The Morgan fingerprint density at radius 3 is 2.36 bits per heavy atom. The first-order chi connectivity index (χ1) is 10.3. The van der Waals surface area contributed by atoms with Gasteiger partial charge in [0.2, 0.25) is 0 Å². The molecule has 22 heavy (non-hydrogen) atoms. The van der Waals surface area contributed by atoms with Gasteiger partial charge in [-0.1, -0.05) is 15.9 Å². The number of aliphatic hydroxyl groups is 1. The van der Waals surface area contributed by atoms with Crippen molar-refractivity contribution < 1.29 is 19.0 Å². The van der Waals surface area contributed by atoms with Crippen LogP contribution < -0.4 is 5.32 Å². The van der Waals surface area contributed by atoms with Gasteiger partial charge in [0.25, 0.3) is 5.92 Å². The topological polar surface area (TPSA) is 55.7 Å². The summed E-state index contributed by atoms with van der Waals surface area (Å²) in [5.74, 6) is -3.49. The molecule has 1 saturated heterocycles. The predicted octanol–water partition coefficient (Wildman–Crippen LogP) is 3.25. The fourth-order valence-corrected chi connectivity index (χ4v) is 5.09. The van der Waals surface area contributed by atoms with Gasteiger partial charge in [-0.05, 0) is 37.9 Å². The fraction of sp³-hybridized carbons (Fsp3) is 0.538. The largest absolute Gasteiger partial charge is 0.506 e. The number of benzene rings is 1. The first kappa shape index (κ1) is 18.5. The van der Waals surface area contributed by atoms with Crippen molar-refractivity contribution in [3.63, 3.8) is 0 Å². The molecular weight excluding hydrogens is 494 g/mol. The average molecular weight is 509 g/mol. The van der Waals surface area contributed by atoms with E-state index < -0.39 is 18.6 Å². The molecule has 0 amide bonds. The minimum Gasteiger partial charge on any atom is -0.506 e. The van der Waals surface area contributed by atoms with Crippen LogP contribution in [0.5, 0.6) is 5.75 Å². The number of hydrogen-bond acceptors (Lipinski definition) is 4. The van der Waals surface area contributed by atoms with Gasteiger partial charge in [-0.2, -0.15) is 0 Å². The highest BCUT2D eigenvalue weighted by atomic mass is 79.9. The third kappa shape index (κ3) is 3.64. The Kier molecular flexibility index (Phi) is 6.23. The summed E-state index contributed by atoms with van der Waals surface area (Å²) < 4.78 is 29.9. The predicted molar refractivity (Wildman–Crippen MR) is 90.4 cm³/mol. The van der Waals surface area contributed by atoms with Crippen molar-refractivity contribution >= 4 is 47.8 Å². The maximum absolute atomic E-state index is 14.4. The van der Waals surface area contributed by atoms with Crippen LogP contribution in [0.3, 0.4) is 0 Å². The number of phenols is 1. The van der Waals surface area contributed by atoms with Gasteiger partial charge in [0.15, 0.2) is 0 Å². The van der Waals surface area contributed by atoms with E-state index in [0.29, 0.717) is 35.1 Å². The van der Waals surface area contributed by atoms with E-state index in [0.717, 1.165) is 0 Å². The molecule has 2 rings (SSSR count). The standard InChI is InChI=1S/C13H15Br3F2N2O2/c14-7-5-8(15)11(22)10(16)9(7)12(13(17,18)6-21)20-3-1-19-2-4-20/h5,12,19,21-22H,1-4,6H2/t12-/m1/s1. The van der Waals surface area contributed by atoms with Crippen LogP contribution in [-0.4, -0.2) is 53.8 Å². The number of nitrogens with one attached hydrogen (secondary N) is 1. The zero-order chi connectivity index (χ0) is 16.5. The van der Waals surface area contributed by atoms with Crippen LogP contribution >= 0.6 is 47.8 Å². The van der Waals surface area contributed by atoms with Crippen molar-refractivity contribution in [3.8, 4) is 5.75 Å². The number of aliphatic hydroxyl groups excluding tert-OH is 1. The summed E-state index contributed by atoms with van der Waals surface area (Å²) in [6, 6.07) is 0.181. The molecule has 1 aliphatic rings. The lowest BCUT2D eigenvalue weighted by atomic mass is 9.98. The summed E-state index contributed by atoms with van der Waals surface area (Å²) in [4.78, 5) is 1.62. The van der Waals surface area contributed by atoms with Gasteiger partial charge < -0.3 is 15.5 Å². The SMILES string of the molecule is OCC(F)(F)[C@@H](c1c(Br)cc(Br)c(O)c1Br)N1CCNCC1. The third-order valence-electron chi connectivity index (χ3n) is 3.58. The Morgan fingerprint density at radius 1 is 1.23 bits per heavy atom. The van der Waals surface area contributed by atoms with Crippen LogP contribution in [0.1, 0.15) is 11.6 Å². The lowest BCUT2D eigenvalue weighted by Crippen LogP contribution is -2.51. The van der Waals surface area contributed by atoms with Gasteiger partial charge in [-0.15, -0.1) is 0 Å². The Morgan fingerprint density at radius 2 is 1.82 bits per heavy atom. The number of rotatable bonds is 4. The molecule has 9 heteroatoms. The highest BCUT2D eigenvalue weighted by Gasteiger charge is 2.46. The Labute approximate surface area is 152 Å². The average Bonchev–Trinajstić information content (AvgIpc) is 2.50. The van der Waals surface area contributed by atoms with Crippen LogP contribution in [0, 0.1) is 0 Å². The van der Waals surface area contributed by atoms with Crippen LogP contribution in [0.25, 0.3) is 0 Å². The van der Waals surface area contributed by atoms with Crippen LogP contribution in [-0.2, 0) is 0 Å². The van der Waals surface area contributed by atoms with Gasteiger partial charge in [0.1, 0.15) is 18.4 Å². The molecule has 0 bridgehead atoms. The van der Waals surface area contributed by atoms with E-state index >= 15 is 0 Å². The molecule has 0 aliphatic carbocycles. The molecule has 0 aromatic heterocycles. The second-order valence-corrected chi connectivity index (χ2v) is 7.53. The Balaban J connectivity index is 2.57. The summed E-state index contributed by atoms with van der Waals surface area (Å²) in [5, 5.41) is 22.3. The summed E-state index contributed by atoms with van der Waals surface area (Å²) >= 11 is 9.67. The number of alkyl halides is 2. The molecule has 0 saturated carbocycles. The first-order valence-corrected chi connectivity index (χ1v) is 8.97. The highest BCUT2D eigenvalue weighted by molar-refractivity contribution is 9.11. The van der Waals surface area contributed by atoms with Crippen LogP contribution in [0.4, 0.5) is 8.78 Å². The molecular formula is C13H15Br3F2N2O2. The molecule has 0 unspecified atom stereocenters. The number of nitrogens with zero attached hydrogens (tertiary/aromatic N) is 1. The number of hydrogen-bond donors (Lipinski definition) is 3. The molecule has 1 fully saturated rings. The van der Waals surface area contributed by atoms with Crippen LogP contribution in [0.2, 0.25) is 0 Å². The van der Waals surface area contributed by atoms with Crippen molar-refractivity contribution in [2.45, 2.75) is 12.0 Å². The zero-order valence-electron chi connectivity index (χ0n) is 11.4. The van der Waals surface area contributed by atoms with E-state index in [1.807, 2.05) is 0 Å². The van der Waals surface area contributed by atoms with E-state index in [9.17, 15) is 13.9 Å². The molecule has 0 spiro atoms. The number of piperazine rings is 1. The normalized spacial score (nSPS) is 18.5. The highest BCUT2D eigenvalue weighted by Crippen LogP contribution is 2.48. The van der Waals surface area contributed by atoms with E-state index in [1.165, 1.54) is 6.07 Å². The molecule has 1 aromatic rings. The van der Waals surface area contributed by atoms with Crippen molar-refractivity contribution in [2.75, 3.05) is 32.8 Å². The fourth-order valence-electron chi connectivity index (χ4n) is 2.53. The second-order valence-electron chi connectivity index (χ2n) is 5.02. The second kappa shape index (κ2) is 7.40. The lowest BCUT2D eigenvalue weighted by Gasteiger charge is -2.39. The molecule has 1 heterocycles. The van der Waals surface area contributed by atoms with Gasteiger partial charge in [-0.3, -0.25) is 4.90 Å². The number of aromatic hydroxyl groups is 1. The first-order valence-electron chi connectivity index (χ1n) is 6.59. The van der Waals surface area contributed by atoms with Crippen molar-refractivity contribution in [1.29, 1.82) is 0 Å². The quantitative estimate of drug-likeness (QED) is 0.584. The smallest absolute Gasteiger partial charge is 0.289 e. The van der Waals surface area contributed by atoms with E-state index in [-0.39, 0.29) is 15.8 Å². The van der Waals surface area contributed by atoms with E-state index in [2.05, 4.69) is 53.1 Å². The Hall–Kier alpha value is 0.200. The summed E-state index contributed by atoms with van der Waals surface area (Å²) in [6.07, 6.45) is 0. The minimum absolute atomic E-state index is 0.146. The summed E-state index contributed by atoms with van der Waals surface area (Å²) in [5.41, 5.74) is 0.224. The van der Waals surface area contributed by atoms with E-state index in [1.54, 1.807) is 4.90 Å². The minimum atomic E-state index is -3.34. The number of phenolic OH excluding ortho intramolecular Hbond substituents is 1. The summed E-state index contributed by atoms with van der Waals surface area (Å²) in [7, 11) is 0. The molecule has 4 nitrogen and oxygen atoms in total. The molecule has 1 aliphatic heterocycles.